The summed E-state index contributed by atoms with van der Waals surface area (Å²) in [5.41, 5.74) is 1.50. The first-order valence-electron chi connectivity index (χ1n) is 7.86. The molecule has 1 fully saturated rings. The van der Waals surface area contributed by atoms with E-state index in [9.17, 15) is 0 Å². The lowest BCUT2D eigenvalue weighted by atomic mass is 10.2. The Morgan fingerprint density at radius 2 is 1.92 bits per heavy atom. The SMILES string of the molecule is [Cl-].[H+].c1ccc2oc(Oc3ccc(OC[C@H]4CCCN4)cc3)nc2c1. The van der Waals surface area contributed by atoms with Crippen LogP contribution in [0.15, 0.2) is 52.9 Å². The second kappa shape index (κ2) is 7.55. The monoisotopic (exact) mass is 346 g/mol. The molecule has 24 heavy (non-hydrogen) atoms. The maximum absolute atomic E-state index is 5.79. The Morgan fingerprint density at radius 1 is 1.12 bits per heavy atom. The highest BCUT2D eigenvalue weighted by atomic mass is 35.5. The van der Waals surface area contributed by atoms with Crippen molar-refractivity contribution in [2.24, 2.45) is 0 Å². The van der Waals surface area contributed by atoms with Gasteiger partial charge in [0.05, 0.1) is 0 Å². The molecular formula is C18H19ClN2O3. The van der Waals surface area contributed by atoms with E-state index >= 15 is 0 Å². The van der Waals surface area contributed by atoms with Gasteiger partial charge in [-0.15, -0.1) is 0 Å². The average Bonchev–Trinajstić information content (AvgIpc) is 3.23. The number of para-hydroxylation sites is 2. The summed E-state index contributed by atoms with van der Waals surface area (Å²) < 4.78 is 17.0. The number of hydrogen-bond donors (Lipinski definition) is 1. The molecule has 0 radical (unpaired) electrons. The Morgan fingerprint density at radius 3 is 2.67 bits per heavy atom. The van der Waals surface area contributed by atoms with Crippen LogP contribution in [-0.4, -0.2) is 24.2 Å². The Kier molecular flexibility index (Phi) is 5.23. The number of fused-ring (bicyclic) bond motifs is 1. The number of aromatic nitrogens is 1. The smallest absolute Gasteiger partial charge is 1.00 e. The molecule has 0 saturated carbocycles. The molecule has 3 aromatic rings. The fraction of sp³-hybridized carbons (Fsp3) is 0.278. The molecular weight excluding hydrogens is 328 g/mol. The van der Waals surface area contributed by atoms with E-state index < -0.39 is 0 Å². The average molecular weight is 347 g/mol. The topological polar surface area (TPSA) is 56.5 Å². The summed E-state index contributed by atoms with van der Waals surface area (Å²) in [6.45, 7) is 1.79. The van der Waals surface area contributed by atoms with Crippen LogP contribution in [-0.2, 0) is 0 Å². The van der Waals surface area contributed by atoms with Crippen molar-refractivity contribution in [1.82, 2.24) is 10.3 Å². The molecule has 1 N–H and O–H groups in total. The molecule has 1 atom stereocenters. The molecule has 0 spiro atoms. The standard InChI is InChI=1S/C18H18N2O3.ClH/c1-2-6-17-16(5-1)20-18(23-17)22-15-9-7-14(8-10-15)21-12-13-4-3-11-19-13;/h1-2,5-10,13,19H,3-4,11-12H2;1H/t13-;/m1./s1. The molecule has 1 aliphatic rings. The van der Waals surface area contributed by atoms with Gasteiger partial charge in [-0.25, -0.2) is 0 Å². The maximum Gasteiger partial charge on any atom is 1.00 e. The molecule has 0 bridgehead atoms. The number of benzene rings is 2. The van der Waals surface area contributed by atoms with Gasteiger partial charge in [0.1, 0.15) is 23.6 Å². The van der Waals surface area contributed by atoms with Crippen molar-refractivity contribution < 1.29 is 27.7 Å². The zero-order chi connectivity index (χ0) is 15.5. The van der Waals surface area contributed by atoms with Gasteiger partial charge in [-0.3, -0.25) is 0 Å². The van der Waals surface area contributed by atoms with Gasteiger partial charge in [0, 0.05) is 6.04 Å². The number of hydrogen-bond acceptors (Lipinski definition) is 5. The quantitative estimate of drug-likeness (QED) is 0.743. The highest BCUT2D eigenvalue weighted by Gasteiger charge is 2.14. The van der Waals surface area contributed by atoms with Gasteiger partial charge in [-0.2, -0.15) is 4.98 Å². The first kappa shape index (κ1) is 16.6. The first-order valence-corrected chi connectivity index (χ1v) is 7.86. The number of halogens is 1. The Hall–Kier alpha value is -2.24. The lowest BCUT2D eigenvalue weighted by Gasteiger charge is -2.12. The van der Waals surface area contributed by atoms with E-state index in [1.54, 1.807) is 0 Å². The fourth-order valence-corrected chi connectivity index (χ4v) is 2.70. The van der Waals surface area contributed by atoms with Crippen molar-refractivity contribution in [1.29, 1.82) is 0 Å². The summed E-state index contributed by atoms with van der Waals surface area (Å²) in [5.74, 6) is 1.51. The summed E-state index contributed by atoms with van der Waals surface area (Å²) >= 11 is 0. The predicted molar refractivity (Wildman–Crippen MR) is 88.2 cm³/mol. The number of nitrogens with zero attached hydrogens (tertiary/aromatic N) is 1. The molecule has 0 amide bonds. The Balaban J connectivity index is 0.00000113. The third-order valence-corrected chi connectivity index (χ3v) is 3.92. The number of oxazole rings is 1. The predicted octanol–water partition coefficient (Wildman–Crippen LogP) is 0.867. The van der Waals surface area contributed by atoms with Crippen LogP contribution < -0.4 is 27.2 Å². The van der Waals surface area contributed by atoms with E-state index in [0.717, 1.165) is 17.8 Å². The molecule has 1 saturated heterocycles. The van der Waals surface area contributed by atoms with E-state index in [1.165, 1.54) is 12.8 Å². The van der Waals surface area contributed by atoms with Crippen molar-refractivity contribution in [3.05, 3.63) is 48.5 Å². The van der Waals surface area contributed by atoms with Crippen molar-refractivity contribution >= 4 is 11.1 Å². The van der Waals surface area contributed by atoms with E-state index in [4.69, 9.17) is 13.9 Å². The normalized spacial score (nSPS) is 16.8. The van der Waals surface area contributed by atoms with Gasteiger partial charge in [0.2, 0.25) is 0 Å². The largest absolute Gasteiger partial charge is 1.00 e. The van der Waals surface area contributed by atoms with Crippen molar-refractivity contribution in [3.63, 3.8) is 0 Å². The number of nitrogens with one attached hydrogen (secondary N) is 1. The minimum absolute atomic E-state index is 0. The Bertz CT molecular complexity index is 755. The molecule has 2 heterocycles. The van der Waals surface area contributed by atoms with Crippen molar-refractivity contribution in [2.75, 3.05) is 13.2 Å². The highest BCUT2D eigenvalue weighted by molar-refractivity contribution is 5.72. The summed E-state index contributed by atoms with van der Waals surface area (Å²) in [7, 11) is 0. The lowest BCUT2D eigenvalue weighted by Crippen LogP contribution is -3.00. The molecule has 2 aromatic carbocycles. The fourth-order valence-electron chi connectivity index (χ4n) is 2.70. The molecule has 0 aliphatic carbocycles. The summed E-state index contributed by atoms with van der Waals surface area (Å²) in [6.07, 6.45) is 2.65. The van der Waals surface area contributed by atoms with Gasteiger partial charge in [-0.05, 0) is 55.8 Å². The zero-order valence-electron chi connectivity index (χ0n) is 14.1. The maximum atomic E-state index is 5.79. The van der Waals surface area contributed by atoms with Crippen LogP contribution in [0.5, 0.6) is 17.6 Å². The minimum Gasteiger partial charge on any atom is -1.00 e. The molecule has 1 aromatic heterocycles. The molecule has 0 unspecified atom stereocenters. The van der Waals surface area contributed by atoms with Crippen LogP contribution in [0.1, 0.15) is 14.3 Å². The second-order valence-corrected chi connectivity index (χ2v) is 5.63. The van der Waals surface area contributed by atoms with Gasteiger partial charge >= 0.3 is 7.50 Å². The van der Waals surface area contributed by atoms with Crippen molar-refractivity contribution in [3.8, 4) is 17.6 Å². The molecule has 1 aliphatic heterocycles. The third kappa shape index (κ3) is 3.80. The molecule has 4 rings (SSSR count). The molecule has 126 valence electrons. The van der Waals surface area contributed by atoms with E-state index in [-0.39, 0.29) is 19.9 Å². The van der Waals surface area contributed by atoms with E-state index in [1.807, 2.05) is 48.5 Å². The minimum atomic E-state index is 0. The van der Waals surface area contributed by atoms with E-state index in [2.05, 4.69) is 10.3 Å². The van der Waals surface area contributed by atoms with Crippen LogP contribution in [0.3, 0.4) is 0 Å². The number of rotatable bonds is 5. The number of ether oxygens (including phenoxy) is 2. The van der Waals surface area contributed by atoms with Crippen LogP contribution in [0, 0.1) is 0 Å². The molecule has 5 nitrogen and oxygen atoms in total. The lowest BCUT2D eigenvalue weighted by molar-refractivity contribution is -0.00000670. The van der Waals surface area contributed by atoms with Crippen LogP contribution in [0.4, 0.5) is 0 Å². The summed E-state index contributed by atoms with van der Waals surface area (Å²) in [5, 5.41) is 3.41. The Labute approximate surface area is 147 Å². The zero-order valence-corrected chi connectivity index (χ0v) is 13.8. The van der Waals surface area contributed by atoms with Crippen molar-refractivity contribution in [2.45, 2.75) is 18.9 Å². The summed E-state index contributed by atoms with van der Waals surface area (Å²) in [4.78, 5) is 4.29. The van der Waals surface area contributed by atoms with Gasteiger partial charge in [0.15, 0.2) is 5.58 Å². The van der Waals surface area contributed by atoms with Crippen LogP contribution in [0.25, 0.3) is 11.1 Å². The second-order valence-electron chi connectivity index (χ2n) is 5.63. The summed E-state index contributed by atoms with van der Waals surface area (Å²) in [6, 6.07) is 15.5. The van der Waals surface area contributed by atoms with Crippen LogP contribution >= 0.6 is 0 Å². The van der Waals surface area contributed by atoms with Gasteiger partial charge in [-0.1, -0.05) is 12.1 Å². The van der Waals surface area contributed by atoms with Crippen LogP contribution in [0.2, 0.25) is 0 Å². The third-order valence-electron chi connectivity index (χ3n) is 3.92. The van der Waals surface area contributed by atoms with Gasteiger partial charge in [0.25, 0.3) is 0 Å². The first-order chi connectivity index (χ1) is 11.4. The highest BCUT2D eigenvalue weighted by Crippen LogP contribution is 2.26. The van der Waals surface area contributed by atoms with Gasteiger partial charge < -0.3 is 31.6 Å². The molecule has 6 heteroatoms. The van der Waals surface area contributed by atoms with E-state index in [0.29, 0.717) is 24.0 Å².